The van der Waals surface area contributed by atoms with Crippen molar-refractivity contribution in [3.8, 4) is 0 Å². The van der Waals surface area contributed by atoms with E-state index in [0.717, 1.165) is 21.6 Å². The second kappa shape index (κ2) is 5.54. The van der Waals surface area contributed by atoms with Gasteiger partial charge in [0.1, 0.15) is 5.82 Å². The maximum Gasteiger partial charge on any atom is 0.307 e. The third kappa shape index (κ3) is 2.62. The molecule has 0 atom stereocenters. The molecule has 22 heavy (non-hydrogen) atoms. The number of thiophene rings is 1. The van der Waals surface area contributed by atoms with Crippen LogP contribution in [0.4, 0.5) is 4.39 Å². The van der Waals surface area contributed by atoms with Crippen LogP contribution in [-0.2, 0) is 4.79 Å². The number of hydrogen-bond acceptors (Lipinski definition) is 2. The van der Waals surface area contributed by atoms with Crippen LogP contribution in [0, 0.1) is 12.7 Å². The molecule has 4 heteroatoms. The second-order valence-corrected chi connectivity index (χ2v) is 6.39. The number of allylic oxidation sites excluding steroid dienone is 2. The number of benzene rings is 1. The number of fused-ring (bicyclic) bond motifs is 1. The van der Waals surface area contributed by atoms with Gasteiger partial charge in [-0.2, -0.15) is 0 Å². The molecule has 0 aliphatic heterocycles. The van der Waals surface area contributed by atoms with E-state index in [0.29, 0.717) is 11.1 Å². The monoisotopic (exact) mass is 314 g/mol. The van der Waals surface area contributed by atoms with Crippen molar-refractivity contribution in [3.63, 3.8) is 0 Å². The van der Waals surface area contributed by atoms with Gasteiger partial charge in [-0.25, -0.2) is 4.39 Å². The van der Waals surface area contributed by atoms with Gasteiger partial charge in [0.25, 0.3) is 0 Å². The minimum Gasteiger partial charge on any atom is -0.481 e. The molecule has 1 aromatic carbocycles. The summed E-state index contributed by atoms with van der Waals surface area (Å²) in [6, 6.07) is 6.67. The number of hydrogen-bond donors (Lipinski definition) is 1. The van der Waals surface area contributed by atoms with Crippen LogP contribution in [0.5, 0.6) is 0 Å². The van der Waals surface area contributed by atoms with Gasteiger partial charge in [0.2, 0.25) is 0 Å². The molecule has 1 aliphatic rings. The highest BCUT2D eigenvalue weighted by molar-refractivity contribution is 7.11. The highest BCUT2D eigenvalue weighted by Gasteiger charge is 2.25. The number of carboxylic acid groups (broad SMARTS) is 1. The zero-order valence-electron chi connectivity index (χ0n) is 12.3. The molecule has 0 unspecified atom stereocenters. The Bertz CT molecular complexity index is 827. The molecule has 112 valence electrons. The Morgan fingerprint density at radius 2 is 2.05 bits per heavy atom. The first-order valence-corrected chi connectivity index (χ1v) is 7.82. The van der Waals surface area contributed by atoms with Crippen LogP contribution in [0.25, 0.3) is 17.2 Å². The lowest BCUT2D eigenvalue weighted by Crippen LogP contribution is -1.97. The van der Waals surface area contributed by atoms with Crippen LogP contribution < -0.4 is 0 Å². The predicted octanol–water partition coefficient (Wildman–Crippen LogP) is 5.00. The van der Waals surface area contributed by atoms with E-state index in [4.69, 9.17) is 5.11 Å². The summed E-state index contributed by atoms with van der Waals surface area (Å²) in [5.41, 5.74) is 5.38. The second-order valence-electron chi connectivity index (χ2n) is 5.45. The summed E-state index contributed by atoms with van der Waals surface area (Å²) in [6.45, 7) is 3.94. The van der Waals surface area contributed by atoms with Gasteiger partial charge in [-0.1, -0.05) is 6.07 Å². The Labute approximate surface area is 132 Å². The first-order valence-electron chi connectivity index (χ1n) is 6.95. The van der Waals surface area contributed by atoms with Gasteiger partial charge in [-0.3, -0.25) is 4.79 Å². The Morgan fingerprint density at radius 3 is 2.68 bits per heavy atom. The Morgan fingerprint density at radius 1 is 1.27 bits per heavy atom. The van der Waals surface area contributed by atoms with E-state index in [1.807, 2.05) is 13.8 Å². The summed E-state index contributed by atoms with van der Waals surface area (Å²) in [5, 5.41) is 11.2. The first-order chi connectivity index (χ1) is 10.5. The van der Waals surface area contributed by atoms with E-state index in [1.165, 1.54) is 17.7 Å². The van der Waals surface area contributed by atoms with Crippen molar-refractivity contribution in [2.24, 2.45) is 0 Å². The van der Waals surface area contributed by atoms with Gasteiger partial charge < -0.3 is 5.11 Å². The Hall–Kier alpha value is -2.20. The van der Waals surface area contributed by atoms with Gasteiger partial charge in [0, 0.05) is 4.88 Å². The normalized spacial score (nSPS) is 15.5. The molecule has 1 aromatic heterocycles. The molecule has 2 aromatic rings. The number of carbonyl (C=O) groups is 1. The maximum atomic E-state index is 13.6. The zero-order chi connectivity index (χ0) is 15.9. The van der Waals surface area contributed by atoms with Crippen LogP contribution >= 0.6 is 11.3 Å². The zero-order valence-corrected chi connectivity index (χ0v) is 13.1. The fourth-order valence-electron chi connectivity index (χ4n) is 2.80. The van der Waals surface area contributed by atoms with Gasteiger partial charge in [0.15, 0.2) is 0 Å². The Balaban J connectivity index is 2.17. The maximum absolute atomic E-state index is 13.6. The van der Waals surface area contributed by atoms with Crippen molar-refractivity contribution in [3.05, 3.63) is 62.6 Å². The molecule has 2 nitrogen and oxygen atoms in total. The van der Waals surface area contributed by atoms with Crippen LogP contribution in [0.15, 0.2) is 35.2 Å². The fraction of sp³-hybridized carbons (Fsp3) is 0.167. The summed E-state index contributed by atoms with van der Waals surface area (Å²) in [4.78, 5) is 12.2. The summed E-state index contributed by atoms with van der Waals surface area (Å²) in [7, 11) is 0. The highest BCUT2D eigenvalue weighted by atomic mass is 32.1. The topological polar surface area (TPSA) is 37.3 Å². The highest BCUT2D eigenvalue weighted by Crippen LogP contribution is 2.44. The minimum absolute atomic E-state index is 0.0942. The molecule has 1 aliphatic carbocycles. The third-order valence-electron chi connectivity index (χ3n) is 3.82. The molecule has 0 spiro atoms. The SMILES string of the molecule is CC1=C(CC(=O)O)c2cc(F)ccc2C1=Cc1cc(C)cs1. The van der Waals surface area contributed by atoms with Crippen LogP contribution in [0.3, 0.4) is 0 Å². The van der Waals surface area contributed by atoms with Crippen molar-refractivity contribution in [2.75, 3.05) is 0 Å². The first kappa shape index (κ1) is 14.7. The number of aliphatic carboxylic acids is 1. The van der Waals surface area contributed by atoms with E-state index in [2.05, 4.69) is 17.5 Å². The molecule has 1 heterocycles. The van der Waals surface area contributed by atoms with Crippen molar-refractivity contribution >= 4 is 34.5 Å². The summed E-state index contributed by atoms with van der Waals surface area (Å²) < 4.78 is 13.6. The van der Waals surface area contributed by atoms with Crippen LogP contribution in [-0.4, -0.2) is 11.1 Å². The van der Waals surface area contributed by atoms with E-state index in [1.54, 1.807) is 17.4 Å². The van der Waals surface area contributed by atoms with Gasteiger partial charge in [-0.15, -0.1) is 11.3 Å². The standard InChI is InChI=1S/C18H15FO2S/c1-10-5-13(22-9-10)7-15-11(2)16(8-18(20)21)17-6-12(19)3-4-14(15)17/h3-7,9H,8H2,1-2H3,(H,20,21). The molecule has 0 bridgehead atoms. The average molecular weight is 314 g/mol. The van der Waals surface area contributed by atoms with Crippen LogP contribution in [0.1, 0.15) is 34.9 Å². The van der Waals surface area contributed by atoms with Crippen LogP contribution in [0.2, 0.25) is 0 Å². The van der Waals surface area contributed by atoms with E-state index >= 15 is 0 Å². The molecular weight excluding hydrogens is 299 g/mol. The molecule has 0 amide bonds. The lowest BCUT2D eigenvalue weighted by atomic mass is 10.0. The number of rotatable bonds is 3. The quantitative estimate of drug-likeness (QED) is 0.866. The lowest BCUT2D eigenvalue weighted by molar-refractivity contribution is -0.135. The molecule has 0 radical (unpaired) electrons. The summed E-state index contributed by atoms with van der Waals surface area (Å²) in [6.07, 6.45) is 1.96. The van der Waals surface area contributed by atoms with Crippen molar-refractivity contribution < 1.29 is 14.3 Å². The smallest absolute Gasteiger partial charge is 0.307 e. The summed E-state index contributed by atoms with van der Waals surface area (Å²) in [5.74, 6) is -1.25. The lowest BCUT2D eigenvalue weighted by Gasteiger charge is -2.03. The third-order valence-corrected chi connectivity index (χ3v) is 4.82. The number of halogens is 1. The van der Waals surface area contributed by atoms with Gasteiger partial charge >= 0.3 is 5.97 Å². The molecule has 0 saturated carbocycles. The minimum atomic E-state index is -0.905. The molecule has 0 fully saturated rings. The largest absolute Gasteiger partial charge is 0.481 e. The van der Waals surface area contributed by atoms with Crippen molar-refractivity contribution in [1.29, 1.82) is 0 Å². The van der Waals surface area contributed by atoms with E-state index < -0.39 is 5.97 Å². The fourth-order valence-corrected chi connectivity index (χ4v) is 3.63. The molecular formula is C18H15FO2S. The van der Waals surface area contributed by atoms with E-state index in [-0.39, 0.29) is 12.2 Å². The number of carboxylic acids is 1. The number of aryl methyl sites for hydroxylation is 1. The van der Waals surface area contributed by atoms with Crippen molar-refractivity contribution in [2.45, 2.75) is 20.3 Å². The molecule has 1 N–H and O–H groups in total. The van der Waals surface area contributed by atoms with Gasteiger partial charge in [0.05, 0.1) is 6.42 Å². The molecule has 3 rings (SSSR count). The van der Waals surface area contributed by atoms with Crippen molar-refractivity contribution in [1.82, 2.24) is 0 Å². The van der Waals surface area contributed by atoms with Gasteiger partial charge in [-0.05, 0) is 76.9 Å². The predicted molar refractivity (Wildman–Crippen MR) is 88.2 cm³/mol. The van der Waals surface area contributed by atoms with E-state index in [9.17, 15) is 9.18 Å². The summed E-state index contributed by atoms with van der Waals surface area (Å²) >= 11 is 1.64. The Kier molecular flexibility index (Phi) is 3.71. The molecule has 0 saturated heterocycles. The average Bonchev–Trinajstić information content (AvgIpc) is 2.96.